The first-order valence-corrected chi connectivity index (χ1v) is 6.96. The summed E-state index contributed by atoms with van der Waals surface area (Å²) in [5.41, 5.74) is 7.86. The first-order chi connectivity index (χ1) is 9.63. The number of nitrogens with one attached hydrogen (secondary N) is 1. The SMILES string of the molecule is CN1C[C@H](F)C[C@@H]1COc1nc(N)c2c(n1)CNCC2. The van der Waals surface area contributed by atoms with E-state index >= 15 is 0 Å². The van der Waals surface area contributed by atoms with E-state index in [0.717, 1.165) is 24.2 Å². The van der Waals surface area contributed by atoms with E-state index in [-0.39, 0.29) is 6.04 Å². The lowest BCUT2D eigenvalue weighted by molar-refractivity contribution is 0.187. The highest BCUT2D eigenvalue weighted by molar-refractivity contribution is 5.44. The molecule has 3 N–H and O–H groups in total. The lowest BCUT2D eigenvalue weighted by atomic mass is 10.1. The standard InChI is InChI=1S/C13H20FN5O/c1-19-6-8(14)4-9(19)7-20-13-17-11-5-16-3-2-10(11)12(15)18-13/h8-9,16H,2-7H2,1H3,(H2,15,17,18)/t8-,9-/m1/s1. The van der Waals surface area contributed by atoms with Crippen molar-refractivity contribution >= 4 is 5.82 Å². The molecule has 20 heavy (non-hydrogen) atoms. The number of hydrogen-bond donors (Lipinski definition) is 2. The monoisotopic (exact) mass is 281 g/mol. The summed E-state index contributed by atoms with van der Waals surface area (Å²) in [4.78, 5) is 10.6. The number of alkyl halides is 1. The van der Waals surface area contributed by atoms with E-state index in [1.807, 2.05) is 11.9 Å². The number of likely N-dealkylation sites (tertiary alicyclic amines) is 1. The number of fused-ring (bicyclic) bond motifs is 1. The number of anilines is 1. The molecule has 0 amide bonds. The minimum Gasteiger partial charge on any atom is -0.462 e. The number of halogens is 1. The van der Waals surface area contributed by atoms with E-state index in [1.54, 1.807) is 0 Å². The van der Waals surface area contributed by atoms with Crippen molar-refractivity contribution in [1.82, 2.24) is 20.2 Å². The summed E-state index contributed by atoms with van der Waals surface area (Å²) in [5, 5.41) is 3.25. The highest BCUT2D eigenvalue weighted by Gasteiger charge is 2.30. The van der Waals surface area contributed by atoms with Crippen molar-refractivity contribution in [1.29, 1.82) is 0 Å². The van der Waals surface area contributed by atoms with Gasteiger partial charge in [0.2, 0.25) is 0 Å². The van der Waals surface area contributed by atoms with Crippen molar-refractivity contribution in [3.05, 3.63) is 11.3 Å². The van der Waals surface area contributed by atoms with E-state index in [4.69, 9.17) is 10.5 Å². The van der Waals surface area contributed by atoms with Crippen LogP contribution in [0, 0.1) is 0 Å². The minimum absolute atomic E-state index is 0.0731. The van der Waals surface area contributed by atoms with Gasteiger partial charge in [0.05, 0.1) is 5.69 Å². The molecule has 2 aliphatic rings. The Labute approximate surface area is 117 Å². The number of nitrogens with two attached hydrogens (primary N) is 1. The number of nitrogen functional groups attached to an aromatic ring is 1. The van der Waals surface area contributed by atoms with Gasteiger partial charge in [0.15, 0.2) is 0 Å². The Morgan fingerprint density at radius 2 is 2.35 bits per heavy atom. The van der Waals surface area contributed by atoms with E-state index < -0.39 is 6.17 Å². The number of nitrogens with zero attached hydrogens (tertiary/aromatic N) is 3. The molecule has 1 aromatic heterocycles. The molecule has 1 fully saturated rings. The second-order valence-electron chi connectivity index (χ2n) is 5.48. The Balaban J connectivity index is 1.67. The molecule has 0 saturated carbocycles. The predicted octanol–water partition coefficient (Wildman–Crippen LogP) is 0.126. The van der Waals surface area contributed by atoms with Gasteiger partial charge in [-0.15, -0.1) is 0 Å². The third-order valence-electron chi connectivity index (χ3n) is 3.99. The highest BCUT2D eigenvalue weighted by atomic mass is 19.1. The molecule has 6 nitrogen and oxygen atoms in total. The number of hydrogen-bond acceptors (Lipinski definition) is 6. The average molecular weight is 281 g/mol. The van der Waals surface area contributed by atoms with Crippen LogP contribution in [-0.2, 0) is 13.0 Å². The van der Waals surface area contributed by atoms with Crippen LogP contribution in [0.25, 0.3) is 0 Å². The molecule has 2 aliphatic heterocycles. The summed E-state index contributed by atoms with van der Waals surface area (Å²) in [6, 6.07) is 0.365. The smallest absolute Gasteiger partial charge is 0.318 e. The van der Waals surface area contributed by atoms with Crippen LogP contribution in [-0.4, -0.2) is 53.8 Å². The summed E-state index contributed by atoms with van der Waals surface area (Å²) in [7, 11) is 1.90. The van der Waals surface area contributed by atoms with Gasteiger partial charge in [-0.1, -0.05) is 0 Å². The molecule has 110 valence electrons. The van der Waals surface area contributed by atoms with Gasteiger partial charge in [-0.2, -0.15) is 9.97 Å². The van der Waals surface area contributed by atoms with Crippen molar-refractivity contribution < 1.29 is 9.13 Å². The summed E-state index contributed by atoms with van der Waals surface area (Å²) in [6.45, 7) is 2.44. The molecule has 0 radical (unpaired) electrons. The Kier molecular flexibility index (Phi) is 3.71. The Morgan fingerprint density at radius 1 is 1.50 bits per heavy atom. The van der Waals surface area contributed by atoms with Crippen LogP contribution in [0.4, 0.5) is 10.2 Å². The molecule has 3 rings (SSSR count). The first kappa shape index (κ1) is 13.5. The van der Waals surface area contributed by atoms with Crippen molar-refractivity contribution in [2.45, 2.75) is 31.6 Å². The van der Waals surface area contributed by atoms with Gasteiger partial charge in [0, 0.05) is 24.7 Å². The molecule has 2 atom stereocenters. The second-order valence-corrected chi connectivity index (χ2v) is 5.48. The van der Waals surface area contributed by atoms with Crippen LogP contribution in [0.2, 0.25) is 0 Å². The molecule has 1 aromatic rings. The Morgan fingerprint density at radius 3 is 3.10 bits per heavy atom. The number of rotatable bonds is 3. The molecular weight excluding hydrogens is 261 g/mol. The summed E-state index contributed by atoms with van der Waals surface area (Å²) in [5.74, 6) is 0.495. The maximum atomic E-state index is 13.3. The second kappa shape index (κ2) is 5.49. The van der Waals surface area contributed by atoms with Gasteiger partial charge in [0.25, 0.3) is 0 Å². The topological polar surface area (TPSA) is 76.3 Å². The first-order valence-electron chi connectivity index (χ1n) is 6.96. The molecule has 1 saturated heterocycles. The summed E-state index contributed by atoms with van der Waals surface area (Å²) >= 11 is 0. The van der Waals surface area contributed by atoms with Gasteiger partial charge in [-0.05, 0) is 26.4 Å². The highest BCUT2D eigenvalue weighted by Crippen LogP contribution is 2.22. The lowest BCUT2D eigenvalue weighted by Gasteiger charge is -2.20. The fourth-order valence-electron chi connectivity index (χ4n) is 2.81. The predicted molar refractivity (Wildman–Crippen MR) is 73.3 cm³/mol. The van der Waals surface area contributed by atoms with Crippen LogP contribution < -0.4 is 15.8 Å². The summed E-state index contributed by atoms with van der Waals surface area (Å²) in [6.07, 6.45) is 0.571. The third-order valence-corrected chi connectivity index (χ3v) is 3.99. The van der Waals surface area contributed by atoms with Gasteiger partial charge in [-0.3, -0.25) is 4.90 Å². The van der Waals surface area contributed by atoms with E-state index in [1.165, 1.54) is 0 Å². The number of likely N-dealkylation sites (N-methyl/N-ethyl adjacent to an activating group) is 1. The maximum absolute atomic E-state index is 13.3. The zero-order valence-corrected chi connectivity index (χ0v) is 11.6. The molecule has 0 bridgehead atoms. The zero-order chi connectivity index (χ0) is 14.1. The van der Waals surface area contributed by atoms with Crippen molar-refractivity contribution in [2.75, 3.05) is 32.5 Å². The van der Waals surface area contributed by atoms with E-state index in [0.29, 0.717) is 37.9 Å². The molecular formula is C13H20FN5O. The van der Waals surface area contributed by atoms with Crippen LogP contribution in [0.5, 0.6) is 6.01 Å². The van der Waals surface area contributed by atoms with Crippen LogP contribution in [0.1, 0.15) is 17.7 Å². The van der Waals surface area contributed by atoms with Crippen LogP contribution >= 0.6 is 0 Å². The Bertz CT molecular complexity index is 498. The zero-order valence-electron chi connectivity index (χ0n) is 11.6. The fourth-order valence-corrected chi connectivity index (χ4v) is 2.81. The normalized spacial score (nSPS) is 26.5. The quantitative estimate of drug-likeness (QED) is 0.820. The largest absolute Gasteiger partial charge is 0.462 e. The molecule has 0 spiro atoms. The van der Waals surface area contributed by atoms with Crippen LogP contribution in [0.3, 0.4) is 0 Å². The van der Waals surface area contributed by atoms with Crippen molar-refractivity contribution in [3.8, 4) is 6.01 Å². The van der Waals surface area contributed by atoms with Crippen molar-refractivity contribution in [3.63, 3.8) is 0 Å². The fraction of sp³-hybridized carbons (Fsp3) is 0.692. The minimum atomic E-state index is -0.771. The summed E-state index contributed by atoms with van der Waals surface area (Å²) < 4.78 is 18.9. The molecule has 0 unspecified atom stereocenters. The van der Waals surface area contributed by atoms with Gasteiger partial charge >= 0.3 is 6.01 Å². The Hall–Kier alpha value is -1.47. The van der Waals surface area contributed by atoms with E-state index in [2.05, 4.69) is 15.3 Å². The molecule has 7 heteroatoms. The molecule has 0 aromatic carbocycles. The van der Waals surface area contributed by atoms with Crippen LogP contribution in [0.15, 0.2) is 0 Å². The molecule has 0 aliphatic carbocycles. The van der Waals surface area contributed by atoms with Crippen molar-refractivity contribution in [2.24, 2.45) is 0 Å². The molecule has 3 heterocycles. The van der Waals surface area contributed by atoms with E-state index in [9.17, 15) is 4.39 Å². The van der Waals surface area contributed by atoms with Gasteiger partial charge in [-0.25, -0.2) is 4.39 Å². The average Bonchev–Trinajstić information content (AvgIpc) is 2.75. The van der Waals surface area contributed by atoms with Gasteiger partial charge < -0.3 is 15.8 Å². The lowest BCUT2D eigenvalue weighted by Crippen LogP contribution is -2.31. The third kappa shape index (κ3) is 2.69. The number of ether oxygens (including phenoxy) is 1. The van der Waals surface area contributed by atoms with Gasteiger partial charge in [0.1, 0.15) is 18.6 Å². The number of aromatic nitrogens is 2. The maximum Gasteiger partial charge on any atom is 0.318 e.